The number of amides is 1. The Labute approximate surface area is 223 Å². The van der Waals surface area contributed by atoms with Crippen LogP contribution in [0.15, 0.2) is 66.7 Å². The van der Waals surface area contributed by atoms with Crippen LogP contribution in [0.5, 0.6) is 11.5 Å². The first kappa shape index (κ1) is 27.8. The van der Waals surface area contributed by atoms with Gasteiger partial charge < -0.3 is 19.5 Å². The molecule has 38 heavy (non-hydrogen) atoms. The lowest BCUT2D eigenvalue weighted by Gasteiger charge is -2.48. The van der Waals surface area contributed by atoms with E-state index in [-0.39, 0.29) is 34.4 Å². The number of phenolic OH excluding ortho intramolecular Hbond substituents is 2. The van der Waals surface area contributed by atoms with Crippen molar-refractivity contribution in [1.82, 2.24) is 0 Å². The maximum atomic E-state index is 13.7. The normalized spacial score (nSPS) is 18.8. The van der Waals surface area contributed by atoms with Crippen LogP contribution in [0.2, 0.25) is 18.1 Å². The van der Waals surface area contributed by atoms with Gasteiger partial charge in [0.1, 0.15) is 23.1 Å². The van der Waals surface area contributed by atoms with Gasteiger partial charge in [0, 0.05) is 17.3 Å². The number of anilines is 1. The van der Waals surface area contributed by atoms with Gasteiger partial charge in [0.15, 0.2) is 8.32 Å². The minimum atomic E-state index is -2.21. The highest BCUT2D eigenvalue weighted by atomic mass is 28.4. The fourth-order valence-electron chi connectivity index (χ4n) is 4.69. The predicted molar refractivity (Wildman–Crippen MR) is 147 cm³/mol. The van der Waals surface area contributed by atoms with Crippen molar-refractivity contribution < 1.29 is 28.2 Å². The highest BCUT2D eigenvalue weighted by Gasteiger charge is 2.50. The third-order valence-electron chi connectivity index (χ3n) is 7.88. The molecule has 8 heteroatoms. The zero-order valence-electron chi connectivity index (χ0n) is 22.4. The minimum absolute atomic E-state index is 0.0443. The van der Waals surface area contributed by atoms with Crippen molar-refractivity contribution in [3.05, 3.63) is 89.5 Å². The minimum Gasteiger partial charge on any atom is -0.508 e. The van der Waals surface area contributed by atoms with Crippen LogP contribution in [0, 0.1) is 17.6 Å². The van der Waals surface area contributed by atoms with E-state index in [4.69, 9.17) is 4.43 Å². The van der Waals surface area contributed by atoms with Crippen LogP contribution in [0.4, 0.5) is 14.5 Å². The molecule has 1 saturated heterocycles. The van der Waals surface area contributed by atoms with Crippen molar-refractivity contribution in [2.75, 3.05) is 4.90 Å². The zero-order chi connectivity index (χ0) is 27.8. The Kier molecular flexibility index (Phi) is 7.68. The molecule has 2 N–H and O–H groups in total. The van der Waals surface area contributed by atoms with E-state index < -0.39 is 26.1 Å². The Balaban J connectivity index is 1.64. The van der Waals surface area contributed by atoms with Crippen LogP contribution >= 0.6 is 0 Å². The molecule has 3 aromatic rings. The number of hydrogen-bond acceptors (Lipinski definition) is 4. The van der Waals surface area contributed by atoms with E-state index in [1.807, 2.05) is 0 Å². The van der Waals surface area contributed by atoms with E-state index >= 15 is 0 Å². The first-order chi connectivity index (χ1) is 17.8. The van der Waals surface area contributed by atoms with Crippen LogP contribution in [-0.2, 0) is 9.22 Å². The van der Waals surface area contributed by atoms with Crippen LogP contribution in [0.3, 0.4) is 0 Å². The third-order valence-corrected chi connectivity index (χ3v) is 12.4. The highest BCUT2D eigenvalue weighted by Crippen LogP contribution is 2.50. The Bertz CT molecular complexity index is 1290. The summed E-state index contributed by atoms with van der Waals surface area (Å²) in [5, 5.41) is 20.4. The summed E-state index contributed by atoms with van der Waals surface area (Å²) in [6, 6.07) is 15.8. The summed E-state index contributed by atoms with van der Waals surface area (Å²) in [7, 11) is -2.21. The molecule has 0 saturated carbocycles. The lowest BCUT2D eigenvalue weighted by atomic mass is 9.78. The van der Waals surface area contributed by atoms with E-state index in [2.05, 4.69) is 33.9 Å². The summed E-state index contributed by atoms with van der Waals surface area (Å²) in [4.78, 5) is 15.0. The Morgan fingerprint density at radius 3 is 2.08 bits per heavy atom. The van der Waals surface area contributed by atoms with Gasteiger partial charge >= 0.3 is 0 Å². The molecule has 1 aliphatic rings. The van der Waals surface area contributed by atoms with Gasteiger partial charge in [-0.2, -0.15) is 0 Å². The van der Waals surface area contributed by atoms with Gasteiger partial charge in [-0.3, -0.25) is 4.79 Å². The van der Waals surface area contributed by atoms with Crippen molar-refractivity contribution in [2.24, 2.45) is 5.92 Å². The summed E-state index contributed by atoms with van der Waals surface area (Å²) in [6.07, 6.45) is 0.637. The molecule has 0 radical (unpaired) electrons. The molecule has 1 heterocycles. The van der Waals surface area contributed by atoms with E-state index in [1.165, 1.54) is 48.5 Å². The summed E-state index contributed by atoms with van der Waals surface area (Å²) in [5.41, 5.74) is 1.88. The number of carbonyl (C=O) groups excluding carboxylic acids is 1. The molecular formula is C30H35F2NO4Si. The second-order valence-electron chi connectivity index (χ2n) is 11.5. The molecule has 3 aromatic carbocycles. The van der Waals surface area contributed by atoms with E-state index in [9.17, 15) is 23.8 Å². The van der Waals surface area contributed by atoms with Gasteiger partial charge in [0.05, 0.1) is 18.1 Å². The number of halogens is 2. The Morgan fingerprint density at radius 2 is 1.53 bits per heavy atom. The smallest absolute Gasteiger partial charge is 0.233 e. The van der Waals surface area contributed by atoms with Gasteiger partial charge in [-0.15, -0.1) is 0 Å². The van der Waals surface area contributed by atoms with Crippen LogP contribution in [0.25, 0.3) is 0 Å². The Hall–Kier alpha value is -3.23. The molecule has 1 amide bonds. The third kappa shape index (κ3) is 5.61. The molecule has 5 nitrogen and oxygen atoms in total. The second kappa shape index (κ2) is 10.5. The van der Waals surface area contributed by atoms with E-state index in [0.717, 1.165) is 5.56 Å². The average molecular weight is 540 g/mol. The number of nitrogens with zero attached hydrogens (tertiary/aromatic N) is 1. The molecule has 0 aromatic heterocycles. The number of β-lactam (4-membered cyclic amide) rings is 1. The number of carbonyl (C=O) groups is 1. The van der Waals surface area contributed by atoms with Gasteiger partial charge in [-0.1, -0.05) is 32.9 Å². The maximum absolute atomic E-state index is 13.7. The molecule has 1 aliphatic heterocycles. The lowest BCUT2D eigenvalue weighted by molar-refractivity contribution is -0.131. The summed E-state index contributed by atoms with van der Waals surface area (Å²) >= 11 is 0. The topological polar surface area (TPSA) is 70.0 Å². The second-order valence-corrected chi connectivity index (χ2v) is 16.2. The van der Waals surface area contributed by atoms with Crippen molar-refractivity contribution >= 4 is 19.9 Å². The van der Waals surface area contributed by atoms with E-state index in [1.54, 1.807) is 23.1 Å². The van der Waals surface area contributed by atoms with Crippen LogP contribution in [0.1, 0.15) is 56.9 Å². The van der Waals surface area contributed by atoms with Crippen LogP contribution in [-0.4, -0.2) is 24.4 Å². The first-order valence-electron chi connectivity index (χ1n) is 12.8. The SMILES string of the molecule is CC(C)(C)[Si](C)(C)O[C@@H](CCC1C(=O)N(c2ccc(F)cc2)[C@@H]1c1ccc(O)cc1O)c1ccc(F)cc1. The standard InChI is InChI=1S/C30H35F2NO4Si/c1-30(2,3)38(4,5)37-27(19-6-8-20(31)9-7-19)17-16-25-28(24-15-14-23(34)18-26(24)35)33(29(25)36)22-12-10-21(32)11-13-22/h6-15,18,25,27-28,34-35H,16-17H2,1-5H3/t25?,27-,28+/m0/s1. The largest absolute Gasteiger partial charge is 0.508 e. The molecule has 0 bridgehead atoms. The van der Waals surface area contributed by atoms with Crippen molar-refractivity contribution in [1.29, 1.82) is 0 Å². The highest BCUT2D eigenvalue weighted by molar-refractivity contribution is 6.74. The number of benzene rings is 3. The fourth-order valence-corrected chi connectivity index (χ4v) is 6.01. The van der Waals surface area contributed by atoms with Crippen LogP contribution < -0.4 is 4.90 Å². The number of hydrogen-bond donors (Lipinski definition) is 2. The van der Waals surface area contributed by atoms with Crippen molar-refractivity contribution in [3.63, 3.8) is 0 Å². The fraction of sp³-hybridized carbons (Fsp3) is 0.367. The molecule has 4 rings (SSSR count). The lowest BCUT2D eigenvalue weighted by Crippen LogP contribution is -2.55. The monoisotopic (exact) mass is 539 g/mol. The Morgan fingerprint density at radius 1 is 0.947 bits per heavy atom. The molecule has 0 aliphatic carbocycles. The zero-order valence-corrected chi connectivity index (χ0v) is 23.4. The quantitative estimate of drug-likeness (QED) is 0.228. The summed E-state index contributed by atoms with van der Waals surface area (Å²) in [6.45, 7) is 10.8. The molecule has 1 fully saturated rings. The predicted octanol–water partition coefficient (Wildman–Crippen LogP) is 7.62. The number of phenols is 2. The van der Waals surface area contributed by atoms with Gasteiger partial charge in [-0.05, 0) is 85.1 Å². The molecule has 202 valence electrons. The maximum Gasteiger partial charge on any atom is 0.233 e. The average Bonchev–Trinajstić information content (AvgIpc) is 2.83. The van der Waals surface area contributed by atoms with Gasteiger partial charge in [-0.25, -0.2) is 8.78 Å². The van der Waals surface area contributed by atoms with Gasteiger partial charge in [0.25, 0.3) is 0 Å². The van der Waals surface area contributed by atoms with Crippen molar-refractivity contribution in [2.45, 2.75) is 63.9 Å². The summed E-state index contributed by atoms with van der Waals surface area (Å²) < 4.78 is 34.0. The van der Waals surface area contributed by atoms with E-state index in [0.29, 0.717) is 24.1 Å². The molecule has 1 unspecified atom stereocenters. The molecular weight excluding hydrogens is 504 g/mol. The number of aromatic hydroxyl groups is 2. The number of rotatable bonds is 8. The van der Waals surface area contributed by atoms with Gasteiger partial charge in [0.2, 0.25) is 5.91 Å². The summed E-state index contributed by atoms with van der Waals surface area (Å²) in [5.74, 6) is -1.55. The van der Waals surface area contributed by atoms with Crippen molar-refractivity contribution in [3.8, 4) is 11.5 Å². The molecule has 0 spiro atoms. The first-order valence-corrected chi connectivity index (χ1v) is 15.7. The molecule has 3 atom stereocenters.